The maximum absolute atomic E-state index is 13.4. The fraction of sp³-hybridized carbons (Fsp3) is 0.125. The lowest BCUT2D eigenvalue weighted by Gasteiger charge is -2.07. The van der Waals surface area contributed by atoms with Crippen molar-refractivity contribution in [1.29, 1.82) is 0 Å². The fourth-order valence-electron chi connectivity index (χ4n) is 2.13. The van der Waals surface area contributed by atoms with Gasteiger partial charge >= 0.3 is 0 Å². The van der Waals surface area contributed by atoms with Gasteiger partial charge in [-0.05, 0) is 37.3 Å². The molecule has 1 aromatic carbocycles. The summed E-state index contributed by atoms with van der Waals surface area (Å²) in [6, 6.07) is 9.50. The molecule has 118 valence electrons. The van der Waals surface area contributed by atoms with Crippen LogP contribution in [-0.4, -0.2) is 23.2 Å². The number of amides is 1. The lowest BCUT2D eigenvalue weighted by atomic mass is 10.2. The number of anilines is 1. The molecule has 0 atom stereocenters. The molecule has 0 bridgehead atoms. The molecule has 2 heterocycles. The zero-order valence-electron chi connectivity index (χ0n) is 12.5. The summed E-state index contributed by atoms with van der Waals surface area (Å²) in [6.45, 7) is 2.02. The van der Waals surface area contributed by atoms with Gasteiger partial charge in [0.1, 0.15) is 11.6 Å². The first-order valence-electron chi connectivity index (χ1n) is 6.84. The maximum Gasteiger partial charge on any atom is 0.260 e. The number of ether oxygens (including phenoxy) is 1. The van der Waals surface area contributed by atoms with Gasteiger partial charge in [-0.3, -0.25) is 9.89 Å². The number of carbonyl (C=O) groups excluding carboxylic acids is 1. The maximum atomic E-state index is 13.4. The van der Waals surface area contributed by atoms with Crippen molar-refractivity contribution < 1.29 is 13.9 Å². The molecule has 1 amide bonds. The lowest BCUT2D eigenvalue weighted by Crippen LogP contribution is -2.13. The van der Waals surface area contributed by atoms with Crippen LogP contribution in [0.3, 0.4) is 0 Å². The second-order valence-corrected chi connectivity index (χ2v) is 6.16. The second kappa shape index (κ2) is 6.21. The molecular formula is C16H14FN3O2S. The van der Waals surface area contributed by atoms with E-state index in [-0.39, 0.29) is 5.56 Å². The largest absolute Gasteiger partial charge is 0.496 e. The zero-order valence-corrected chi connectivity index (χ0v) is 13.3. The smallest absolute Gasteiger partial charge is 0.260 e. The van der Waals surface area contributed by atoms with Crippen LogP contribution in [-0.2, 0) is 0 Å². The lowest BCUT2D eigenvalue weighted by molar-refractivity contribution is 0.102. The fourth-order valence-corrected chi connectivity index (χ4v) is 2.97. The molecule has 0 spiro atoms. The Bertz CT molecular complexity index is 857. The van der Waals surface area contributed by atoms with E-state index in [4.69, 9.17) is 4.74 Å². The Hall–Kier alpha value is -2.67. The molecule has 2 aromatic heterocycles. The SMILES string of the molecule is COc1ccc(F)cc1C(=O)Nc1cc(-c2ccc(C)s2)[nH]n1. The van der Waals surface area contributed by atoms with Crippen LogP contribution in [0.4, 0.5) is 10.2 Å². The van der Waals surface area contributed by atoms with Crippen molar-refractivity contribution in [2.75, 3.05) is 12.4 Å². The zero-order chi connectivity index (χ0) is 16.4. The number of hydrogen-bond acceptors (Lipinski definition) is 4. The van der Waals surface area contributed by atoms with Gasteiger partial charge in [0.15, 0.2) is 5.82 Å². The van der Waals surface area contributed by atoms with E-state index < -0.39 is 11.7 Å². The summed E-state index contributed by atoms with van der Waals surface area (Å²) in [4.78, 5) is 14.5. The number of hydrogen-bond donors (Lipinski definition) is 2. The minimum absolute atomic E-state index is 0.115. The van der Waals surface area contributed by atoms with Gasteiger partial charge in [-0.15, -0.1) is 11.3 Å². The summed E-state index contributed by atoms with van der Waals surface area (Å²) >= 11 is 1.62. The van der Waals surface area contributed by atoms with E-state index in [0.29, 0.717) is 11.6 Å². The van der Waals surface area contributed by atoms with E-state index >= 15 is 0 Å². The number of H-pyrrole nitrogens is 1. The third-order valence-corrected chi connectivity index (χ3v) is 4.27. The first kappa shape index (κ1) is 15.2. The van der Waals surface area contributed by atoms with E-state index in [9.17, 15) is 9.18 Å². The average Bonchev–Trinajstić information content (AvgIpc) is 3.16. The number of aryl methyl sites for hydroxylation is 1. The van der Waals surface area contributed by atoms with E-state index in [0.717, 1.165) is 16.6 Å². The Kier molecular flexibility index (Phi) is 4.12. The van der Waals surface area contributed by atoms with Crippen molar-refractivity contribution in [2.24, 2.45) is 0 Å². The number of carbonyl (C=O) groups is 1. The number of methoxy groups -OCH3 is 1. The summed E-state index contributed by atoms with van der Waals surface area (Å²) in [6.07, 6.45) is 0. The molecule has 3 rings (SSSR count). The van der Waals surface area contributed by atoms with E-state index in [1.165, 1.54) is 24.1 Å². The molecular weight excluding hydrogens is 317 g/mol. The summed E-state index contributed by atoms with van der Waals surface area (Å²) in [5.41, 5.74) is 0.925. The first-order chi connectivity index (χ1) is 11.1. The third kappa shape index (κ3) is 3.24. The molecule has 0 aliphatic carbocycles. The highest BCUT2D eigenvalue weighted by Gasteiger charge is 2.15. The van der Waals surface area contributed by atoms with Gasteiger partial charge in [-0.1, -0.05) is 0 Å². The van der Waals surface area contributed by atoms with Gasteiger partial charge in [0, 0.05) is 10.9 Å². The van der Waals surface area contributed by atoms with E-state index in [2.05, 4.69) is 15.5 Å². The quantitative estimate of drug-likeness (QED) is 0.763. The van der Waals surface area contributed by atoms with Crippen molar-refractivity contribution in [2.45, 2.75) is 6.92 Å². The molecule has 0 unspecified atom stereocenters. The molecule has 0 aliphatic rings. The van der Waals surface area contributed by atoms with Crippen molar-refractivity contribution in [3.05, 3.63) is 52.7 Å². The van der Waals surface area contributed by atoms with Crippen LogP contribution in [0.1, 0.15) is 15.2 Å². The Morgan fingerprint density at radius 1 is 1.30 bits per heavy atom. The topological polar surface area (TPSA) is 67.0 Å². The number of aromatic nitrogens is 2. The van der Waals surface area contributed by atoms with Crippen LogP contribution in [0, 0.1) is 12.7 Å². The van der Waals surface area contributed by atoms with E-state index in [1.54, 1.807) is 17.4 Å². The molecule has 0 saturated heterocycles. The van der Waals surface area contributed by atoms with Crippen LogP contribution in [0.15, 0.2) is 36.4 Å². The highest BCUT2D eigenvalue weighted by Crippen LogP contribution is 2.28. The summed E-state index contributed by atoms with van der Waals surface area (Å²) in [5.74, 6) is -0.328. The number of nitrogens with one attached hydrogen (secondary N) is 2. The monoisotopic (exact) mass is 331 g/mol. The third-order valence-electron chi connectivity index (χ3n) is 3.23. The summed E-state index contributed by atoms with van der Waals surface area (Å²) in [5, 5.41) is 9.57. The van der Waals surface area contributed by atoms with Crippen LogP contribution in [0.25, 0.3) is 10.6 Å². The highest BCUT2D eigenvalue weighted by molar-refractivity contribution is 7.15. The molecule has 2 N–H and O–H groups in total. The second-order valence-electron chi connectivity index (χ2n) is 4.88. The number of rotatable bonds is 4. The minimum atomic E-state index is -0.507. The Balaban J connectivity index is 1.81. The number of benzene rings is 1. The molecule has 23 heavy (non-hydrogen) atoms. The van der Waals surface area contributed by atoms with Gasteiger partial charge in [-0.25, -0.2) is 4.39 Å². The molecule has 3 aromatic rings. The highest BCUT2D eigenvalue weighted by atomic mass is 32.1. The van der Waals surface area contributed by atoms with Crippen LogP contribution in [0.2, 0.25) is 0 Å². The molecule has 0 aliphatic heterocycles. The van der Waals surface area contributed by atoms with Gasteiger partial charge in [0.25, 0.3) is 5.91 Å². The Morgan fingerprint density at radius 2 is 2.13 bits per heavy atom. The van der Waals surface area contributed by atoms with Gasteiger partial charge < -0.3 is 10.1 Å². The summed E-state index contributed by atoms with van der Waals surface area (Å²) < 4.78 is 18.4. The van der Waals surface area contributed by atoms with Crippen molar-refractivity contribution >= 4 is 23.1 Å². The van der Waals surface area contributed by atoms with Crippen molar-refractivity contribution in [3.8, 4) is 16.3 Å². The normalized spacial score (nSPS) is 10.6. The van der Waals surface area contributed by atoms with Gasteiger partial charge in [0.2, 0.25) is 0 Å². The van der Waals surface area contributed by atoms with Crippen molar-refractivity contribution in [3.63, 3.8) is 0 Å². The molecule has 5 nitrogen and oxygen atoms in total. The Labute approximate surface area is 136 Å². The van der Waals surface area contributed by atoms with Crippen molar-refractivity contribution in [1.82, 2.24) is 10.2 Å². The summed E-state index contributed by atoms with van der Waals surface area (Å²) in [7, 11) is 1.43. The Morgan fingerprint density at radius 3 is 2.83 bits per heavy atom. The number of aromatic amines is 1. The van der Waals surface area contributed by atoms with Gasteiger partial charge in [-0.2, -0.15) is 5.10 Å². The molecule has 0 fully saturated rings. The minimum Gasteiger partial charge on any atom is -0.496 e. The first-order valence-corrected chi connectivity index (χ1v) is 7.65. The van der Waals surface area contributed by atoms with Crippen LogP contribution < -0.4 is 10.1 Å². The number of halogens is 1. The van der Waals surface area contributed by atoms with Gasteiger partial charge in [0.05, 0.1) is 23.2 Å². The average molecular weight is 331 g/mol. The molecule has 0 saturated carbocycles. The standard InChI is InChI=1S/C16H14FN3O2S/c1-9-3-6-14(23-9)12-8-15(20-19-12)18-16(21)11-7-10(17)4-5-13(11)22-2/h3-8H,1-2H3,(H2,18,19,20,21). The van der Waals surface area contributed by atoms with E-state index in [1.807, 2.05) is 19.1 Å². The predicted molar refractivity (Wildman–Crippen MR) is 87.5 cm³/mol. The van der Waals surface area contributed by atoms with Crippen LogP contribution >= 0.6 is 11.3 Å². The number of thiophene rings is 1. The molecule has 7 heteroatoms. The van der Waals surface area contributed by atoms with Crippen LogP contribution in [0.5, 0.6) is 5.75 Å². The predicted octanol–water partition coefficient (Wildman–Crippen LogP) is 3.85. The molecule has 0 radical (unpaired) electrons. The number of nitrogens with zero attached hydrogens (tertiary/aromatic N) is 1.